The van der Waals surface area contributed by atoms with E-state index in [1.54, 1.807) is 13.8 Å². The van der Waals surface area contributed by atoms with Crippen LogP contribution in [0.1, 0.15) is 63.3 Å². The molecule has 146 valence electrons. The van der Waals surface area contributed by atoms with Gasteiger partial charge in [-0.25, -0.2) is 4.79 Å². The number of carbonyl (C=O) groups is 2. The average molecular weight is 378 g/mol. The maximum Gasteiger partial charge on any atom is 0.342 e. The van der Waals surface area contributed by atoms with E-state index >= 15 is 0 Å². The molecule has 0 unspecified atom stereocenters. The number of carbonyl (C=O) groups excluding carboxylic acids is 2. The van der Waals surface area contributed by atoms with Gasteiger partial charge in [-0.3, -0.25) is 4.79 Å². The molecule has 0 radical (unpaired) electrons. The molecule has 1 fully saturated rings. The van der Waals surface area contributed by atoms with Gasteiger partial charge < -0.3 is 9.47 Å². The van der Waals surface area contributed by atoms with Gasteiger partial charge >= 0.3 is 5.97 Å². The SMILES string of the molecule is Cc1cc2ccccc2c(C2=CC(C)(C)CCC2=O)c1[C@@H]1OC(C)(C)OC1=O. The van der Waals surface area contributed by atoms with Crippen LogP contribution in [0.2, 0.25) is 0 Å². The first-order valence-electron chi connectivity index (χ1n) is 9.77. The summed E-state index contributed by atoms with van der Waals surface area (Å²) in [5.41, 5.74) is 3.08. The fourth-order valence-electron chi connectivity index (χ4n) is 4.29. The van der Waals surface area contributed by atoms with Crippen molar-refractivity contribution in [3.63, 3.8) is 0 Å². The summed E-state index contributed by atoms with van der Waals surface area (Å²) in [5, 5.41) is 2.00. The minimum absolute atomic E-state index is 0.0817. The van der Waals surface area contributed by atoms with Gasteiger partial charge in [-0.05, 0) is 40.7 Å². The summed E-state index contributed by atoms with van der Waals surface area (Å²) in [6, 6.07) is 10.0. The van der Waals surface area contributed by atoms with Crippen molar-refractivity contribution in [2.45, 2.75) is 59.4 Å². The van der Waals surface area contributed by atoms with Crippen LogP contribution in [0.3, 0.4) is 0 Å². The second-order valence-electron chi connectivity index (χ2n) is 8.99. The minimum Gasteiger partial charge on any atom is -0.431 e. The topological polar surface area (TPSA) is 52.6 Å². The second-order valence-corrected chi connectivity index (χ2v) is 8.99. The van der Waals surface area contributed by atoms with E-state index in [0.717, 1.165) is 33.9 Å². The Kier molecular flexibility index (Phi) is 4.23. The first-order valence-corrected chi connectivity index (χ1v) is 9.77. The lowest BCUT2D eigenvalue weighted by Crippen LogP contribution is -2.22. The molecule has 0 saturated carbocycles. The number of esters is 1. The Morgan fingerprint density at radius 1 is 1.07 bits per heavy atom. The lowest BCUT2D eigenvalue weighted by molar-refractivity contribution is -0.160. The van der Waals surface area contributed by atoms with E-state index < -0.39 is 17.9 Å². The van der Waals surface area contributed by atoms with Gasteiger partial charge in [-0.1, -0.05) is 50.3 Å². The molecule has 4 heteroatoms. The van der Waals surface area contributed by atoms with Crippen LogP contribution in [0.15, 0.2) is 36.4 Å². The average Bonchev–Trinajstić information content (AvgIpc) is 2.88. The van der Waals surface area contributed by atoms with Crippen LogP contribution in [0.5, 0.6) is 0 Å². The van der Waals surface area contributed by atoms with E-state index in [-0.39, 0.29) is 11.2 Å². The number of rotatable bonds is 2. The summed E-state index contributed by atoms with van der Waals surface area (Å²) in [4.78, 5) is 25.7. The first-order chi connectivity index (χ1) is 13.1. The number of allylic oxidation sites excluding steroid dienone is 2. The van der Waals surface area contributed by atoms with Gasteiger partial charge in [-0.15, -0.1) is 0 Å². The van der Waals surface area contributed by atoms with Crippen molar-refractivity contribution in [2.75, 3.05) is 0 Å². The number of fused-ring (bicyclic) bond motifs is 1. The summed E-state index contributed by atoms with van der Waals surface area (Å²) in [5.74, 6) is -1.28. The molecule has 1 saturated heterocycles. The van der Waals surface area contributed by atoms with Crippen LogP contribution in [0.25, 0.3) is 16.3 Å². The van der Waals surface area contributed by atoms with Crippen LogP contribution in [-0.4, -0.2) is 17.5 Å². The summed E-state index contributed by atoms with van der Waals surface area (Å²) in [6.45, 7) is 9.71. The normalized spacial score (nSPS) is 23.6. The highest BCUT2D eigenvalue weighted by molar-refractivity contribution is 6.25. The van der Waals surface area contributed by atoms with Gasteiger partial charge in [0.1, 0.15) is 0 Å². The molecule has 2 aromatic rings. The number of Topliss-reactive ketones (excluding diaryl/α,β-unsaturated/α-hetero) is 1. The lowest BCUT2D eigenvalue weighted by atomic mass is 9.75. The Balaban J connectivity index is 2.05. The predicted octanol–water partition coefficient (Wildman–Crippen LogP) is 5.27. The van der Waals surface area contributed by atoms with Gasteiger partial charge in [0, 0.05) is 31.4 Å². The molecular weight excluding hydrogens is 352 g/mol. The minimum atomic E-state index is -0.985. The summed E-state index contributed by atoms with van der Waals surface area (Å²) in [7, 11) is 0. The third kappa shape index (κ3) is 3.16. The van der Waals surface area contributed by atoms with Crippen LogP contribution in [0.4, 0.5) is 0 Å². The number of cyclic esters (lactones) is 1. The standard InChI is InChI=1S/C24H26O4/c1-14-12-15-8-6-7-9-16(15)20(17-13-23(2,3)11-10-18(17)25)19(14)21-22(26)28-24(4,5)27-21/h6-9,12-13,21H,10-11H2,1-5H3/t21-/m0/s1. The molecule has 0 spiro atoms. The monoisotopic (exact) mass is 378 g/mol. The van der Waals surface area contributed by atoms with Crippen molar-refractivity contribution in [1.29, 1.82) is 0 Å². The third-order valence-electron chi connectivity index (χ3n) is 5.62. The van der Waals surface area contributed by atoms with Crippen molar-refractivity contribution in [2.24, 2.45) is 5.41 Å². The smallest absolute Gasteiger partial charge is 0.342 e. The molecule has 4 nitrogen and oxygen atoms in total. The summed E-state index contributed by atoms with van der Waals surface area (Å²) < 4.78 is 11.4. The zero-order valence-electron chi connectivity index (χ0n) is 17.1. The highest BCUT2D eigenvalue weighted by Gasteiger charge is 2.44. The number of benzene rings is 2. The number of hydrogen-bond acceptors (Lipinski definition) is 4. The van der Waals surface area contributed by atoms with Crippen LogP contribution in [0, 0.1) is 12.3 Å². The van der Waals surface area contributed by atoms with Gasteiger partial charge in [0.2, 0.25) is 5.79 Å². The largest absolute Gasteiger partial charge is 0.431 e. The van der Waals surface area contributed by atoms with E-state index in [1.165, 1.54) is 0 Å². The summed E-state index contributed by atoms with van der Waals surface area (Å²) >= 11 is 0. The van der Waals surface area contributed by atoms with E-state index in [2.05, 4.69) is 26.0 Å². The fraction of sp³-hybridized carbons (Fsp3) is 0.417. The Morgan fingerprint density at radius 3 is 2.46 bits per heavy atom. The molecule has 0 amide bonds. The molecule has 28 heavy (non-hydrogen) atoms. The van der Waals surface area contributed by atoms with Crippen LogP contribution < -0.4 is 0 Å². The molecule has 0 bridgehead atoms. The maximum atomic E-state index is 13.0. The zero-order chi connectivity index (χ0) is 20.3. The van der Waals surface area contributed by atoms with Crippen LogP contribution in [-0.2, 0) is 19.1 Å². The van der Waals surface area contributed by atoms with Crippen molar-refractivity contribution < 1.29 is 19.1 Å². The van der Waals surface area contributed by atoms with Crippen molar-refractivity contribution in [1.82, 2.24) is 0 Å². The van der Waals surface area contributed by atoms with Gasteiger partial charge in [-0.2, -0.15) is 0 Å². The highest BCUT2D eigenvalue weighted by atomic mass is 16.8. The maximum absolute atomic E-state index is 13.0. The number of aryl methyl sites for hydroxylation is 1. The number of ether oxygens (including phenoxy) is 2. The quantitative estimate of drug-likeness (QED) is 0.668. The van der Waals surface area contributed by atoms with Crippen LogP contribution >= 0.6 is 0 Å². The van der Waals surface area contributed by atoms with Gasteiger partial charge in [0.15, 0.2) is 11.9 Å². The van der Waals surface area contributed by atoms with E-state index in [0.29, 0.717) is 12.0 Å². The highest BCUT2D eigenvalue weighted by Crippen LogP contribution is 2.45. The Bertz CT molecular complexity index is 1030. The summed E-state index contributed by atoms with van der Waals surface area (Å²) in [6.07, 6.45) is 2.55. The zero-order valence-corrected chi connectivity index (χ0v) is 17.1. The van der Waals surface area contributed by atoms with E-state index in [9.17, 15) is 9.59 Å². The van der Waals surface area contributed by atoms with E-state index in [1.807, 2.05) is 31.2 Å². The Morgan fingerprint density at radius 2 is 1.79 bits per heavy atom. The molecular formula is C24H26O4. The number of ketones is 1. The molecule has 1 aliphatic heterocycles. The predicted molar refractivity (Wildman–Crippen MR) is 109 cm³/mol. The second kappa shape index (κ2) is 6.28. The molecule has 4 rings (SSSR count). The Labute approximate surface area is 165 Å². The fourth-order valence-corrected chi connectivity index (χ4v) is 4.29. The lowest BCUT2D eigenvalue weighted by Gasteiger charge is -2.29. The Hall–Kier alpha value is -2.46. The molecule has 0 N–H and O–H groups in total. The molecule has 0 aromatic heterocycles. The molecule has 2 aliphatic rings. The van der Waals surface area contributed by atoms with Crippen molar-refractivity contribution >= 4 is 28.1 Å². The van der Waals surface area contributed by atoms with Crippen molar-refractivity contribution in [3.05, 3.63) is 53.1 Å². The van der Waals surface area contributed by atoms with Gasteiger partial charge in [0.25, 0.3) is 0 Å². The molecule has 1 heterocycles. The number of hydrogen-bond donors (Lipinski definition) is 0. The third-order valence-corrected chi connectivity index (χ3v) is 5.62. The molecule has 1 aliphatic carbocycles. The van der Waals surface area contributed by atoms with E-state index in [4.69, 9.17) is 9.47 Å². The van der Waals surface area contributed by atoms with Crippen molar-refractivity contribution in [3.8, 4) is 0 Å². The van der Waals surface area contributed by atoms with Gasteiger partial charge in [0.05, 0.1) is 0 Å². The molecule has 1 atom stereocenters. The first kappa shape index (κ1) is 18.9. The molecule has 2 aromatic carbocycles.